The smallest absolute Gasteiger partial charge is 0.0412 e. The monoisotopic (exact) mass is 422 g/mol. The molecule has 0 aliphatic heterocycles. The molecule has 0 N–H and O–H groups in total. The maximum atomic E-state index is 6.36. The van der Waals surface area contributed by atoms with Crippen molar-refractivity contribution in [1.82, 2.24) is 0 Å². The Morgan fingerprint density at radius 3 is 1.23 bits per heavy atom. The van der Waals surface area contributed by atoms with E-state index in [-0.39, 0.29) is 0 Å². The Kier molecular flexibility index (Phi) is 3.99. The SMILES string of the molecule is Clc1ccc2c(-c3c4ccccc4cc4cc(Cl)ccc34)c3ccccc3cc2c1. The molecule has 0 radical (unpaired) electrons. The van der Waals surface area contributed by atoms with E-state index in [4.69, 9.17) is 23.2 Å². The van der Waals surface area contributed by atoms with E-state index in [0.717, 1.165) is 20.8 Å². The van der Waals surface area contributed by atoms with Crippen molar-refractivity contribution in [3.63, 3.8) is 0 Å². The summed E-state index contributed by atoms with van der Waals surface area (Å²) in [7, 11) is 0. The van der Waals surface area contributed by atoms with Gasteiger partial charge in [-0.25, -0.2) is 0 Å². The average Bonchev–Trinajstić information content (AvgIpc) is 2.76. The first-order chi connectivity index (χ1) is 14.7. The molecule has 0 unspecified atom stereocenters. The van der Waals surface area contributed by atoms with Gasteiger partial charge in [-0.05, 0) is 90.6 Å². The molecular weight excluding hydrogens is 407 g/mol. The minimum Gasteiger partial charge on any atom is -0.0843 e. The first kappa shape index (κ1) is 17.8. The van der Waals surface area contributed by atoms with E-state index in [1.807, 2.05) is 12.1 Å². The molecule has 6 rings (SSSR count). The zero-order chi connectivity index (χ0) is 20.2. The normalized spacial score (nSPS) is 11.7. The molecule has 0 bridgehead atoms. The molecule has 30 heavy (non-hydrogen) atoms. The van der Waals surface area contributed by atoms with Crippen molar-refractivity contribution in [2.75, 3.05) is 0 Å². The fourth-order valence-corrected chi connectivity index (χ4v) is 4.99. The molecule has 2 heteroatoms. The Labute approximate surface area is 184 Å². The highest BCUT2D eigenvalue weighted by Gasteiger charge is 2.16. The van der Waals surface area contributed by atoms with Crippen LogP contribution in [0.15, 0.2) is 97.1 Å². The van der Waals surface area contributed by atoms with Gasteiger partial charge in [0.15, 0.2) is 0 Å². The van der Waals surface area contributed by atoms with Gasteiger partial charge in [-0.15, -0.1) is 0 Å². The van der Waals surface area contributed by atoms with Gasteiger partial charge in [0.2, 0.25) is 0 Å². The predicted octanol–water partition coefficient (Wildman–Crippen LogP) is 9.27. The number of halogens is 2. The number of rotatable bonds is 1. The maximum absolute atomic E-state index is 6.36. The van der Waals surface area contributed by atoms with Gasteiger partial charge in [0.1, 0.15) is 0 Å². The highest BCUT2D eigenvalue weighted by Crippen LogP contribution is 2.44. The molecule has 0 aliphatic rings. The zero-order valence-electron chi connectivity index (χ0n) is 16.0. The Hall–Kier alpha value is -3.06. The molecule has 0 atom stereocenters. The summed E-state index contributed by atoms with van der Waals surface area (Å²) in [6.45, 7) is 0. The first-order valence-electron chi connectivity index (χ1n) is 9.91. The lowest BCUT2D eigenvalue weighted by atomic mass is 9.86. The summed E-state index contributed by atoms with van der Waals surface area (Å²) in [5, 5.41) is 11.1. The third kappa shape index (κ3) is 2.69. The van der Waals surface area contributed by atoms with Crippen LogP contribution in [0.4, 0.5) is 0 Å². The number of hydrogen-bond acceptors (Lipinski definition) is 0. The van der Waals surface area contributed by atoms with Crippen molar-refractivity contribution in [2.24, 2.45) is 0 Å². The fraction of sp³-hybridized carbons (Fsp3) is 0. The van der Waals surface area contributed by atoms with Crippen LogP contribution in [-0.4, -0.2) is 0 Å². The second-order valence-corrected chi connectivity index (χ2v) is 8.55. The highest BCUT2D eigenvalue weighted by atomic mass is 35.5. The van der Waals surface area contributed by atoms with Crippen LogP contribution in [0.3, 0.4) is 0 Å². The summed E-state index contributed by atoms with van der Waals surface area (Å²) in [6, 6.07) is 34.0. The van der Waals surface area contributed by atoms with Gasteiger partial charge < -0.3 is 0 Å². The molecule has 0 nitrogen and oxygen atoms in total. The quantitative estimate of drug-likeness (QED) is 0.231. The van der Waals surface area contributed by atoms with E-state index in [1.165, 1.54) is 43.4 Å². The standard InChI is InChI=1S/C28H16Cl2/c29-21-9-11-25-19(15-21)13-17-5-1-3-7-23(17)27(25)28-24-8-4-2-6-18(24)14-20-16-22(30)10-12-26(20)28/h1-16H. The van der Waals surface area contributed by atoms with Crippen LogP contribution >= 0.6 is 23.2 Å². The summed E-state index contributed by atoms with van der Waals surface area (Å²) < 4.78 is 0. The summed E-state index contributed by atoms with van der Waals surface area (Å²) >= 11 is 12.7. The second-order valence-electron chi connectivity index (χ2n) is 7.68. The molecule has 6 aromatic carbocycles. The van der Waals surface area contributed by atoms with Crippen molar-refractivity contribution in [2.45, 2.75) is 0 Å². The molecule has 142 valence electrons. The molecular formula is C28H16Cl2. The Balaban J connectivity index is 1.92. The number of benzene rings is 6. The lowest BCUT2D eigenvalue weighted by Gasteiger charge is -2.17. The third-order valence-electron chi connectivity index (χ3n) is 5.90. The van der Waals surface area contributed by atoms with Gasteiger partial charge in [0, 0.05) is 10.0 Å². The van der Waals surface area contributed by atoms with Crippen LogP contribution in [0.1, 0.15) is 0 Å². The van der Waals surface area contributed by atoms with Crippen LogP contribution in [-0.2, 0) is 0 Å². The van der Waals surface area contributed by atoms with E-state index < -0.39 is 0 Å². The fourth-order valence-electron chi connectivity index (χ4n) is 4.63. The Morgan fingerprint density at radius 2 is 0.767 bits per heavy atom. The summed E-state index contributed by atoms with van der Waals surface area (Å²) in [5.74, 6) is 0. The Bertz CT molecular complexity index is 1490. The molecule has 0 aromatic heterocycles. The minimum absolute atomic E-state index is 0.748. The Morgan fingerprint density at radius 1 is 0.367 bits per heavy atom. The van der Waals surface area contributed by atoms with Crippen LogP contribution < -0.4 is 0 Å². The van der Waals surface area contributed by atoms with E-state index in [9.17, 15) is 0 Å². The molecule has 0 saturated carbocycles. The topological polar surface area (TPSA) is 0 Å². The van der Waals surface area contributed by atoms with E-state index in [2.05, 4.69) is 84.9 Å². The highest BCUT2D eigenvalue weighted by molar-refractivity contribution is 6.33. The van der Waals surface area contributed by atoms with E-state index in [0.29, 0.717) is 0 Å². The van der Waals surface area contributed by atoms with Gasteiger partial charge >= 0.3 is 0 Å². The van der Waals surface area contributed by atoms with Crippen molar-refractivity contribution in [3.8, 4) is 11.1 Å². The van der Waals surface area contributed by atoms with Gasteiger partial charge in [0.05, 0.1) is 0 Å². The van der Waals surface area contributed by atoms with Gasteiger partial charge in [-0.3, -0.25) is 0 Å². The minimum atomic E-state index is 0.748. The van der Waals surface area contributed by atoms with Crippen molar-refractivity contribution >= 4 is 66.3 Å². The first-order valence-corrected chi connectivity index (χ1v) is 10.7. The second kappa shape index (κ2) is 6.74. The number of fused-ring (bicyclic) bond motifs is 4. The lowest BCUT2D eigenvalue weighted by molar-refractivity contribution is 1.72. The summed E-state index contributed by atoms with van der Waals surface area (Å²) in [6.07, 6.45) is 0. The molecule has 0 saturated heterocycles. The van der Waals surface area contributed by atoms with Gasteiger partial charge in [-0.1, -0.05) is 83.9 Å². The zero-order valence-corrected chi connectivity index (χ0v) is 17.5. The molecule has 0 amide bonds. The van der Waals surface area contributed by atoms with Crippen LogP contribution in [0.25, 0.3) is 54.2 Å². The number of hydrogen-bond donors (Lipinski definition) is 0. The molecule has 0 heterocycles. The van der Waals surface area contributed by atoms with E-state index in [1.54, 1.807) is 0 Å². The predicted molar refractivity (Wildman–Crippen MR) is 132 cm³/mol. The van der Waals surface area contributed by atoms with Gasteiger partial charge in [-0.2, -0.15) is 0 Å². The summed E-state index contributed by atoms with van der Waals surface area (Å²) in [5.41, 5.74) is 2.48. The van der Waals surface area contributed by atoms with Crippen molar-refractivity contribution < 1.29 is 0 Å². The summed E-state index contributed by atoms with van der Waals surface area (Å²) in [4.78, 5) is 0. The molecule has 0 fully saturated rings. The average molecular weight is 423 g/mol. The van der Waals surface area contributed by atoms with E-state index >= 15 is 0 Å². The van der Waals surface area contributed by atoms with Gasteiger partial charge in [0.25, 0.3) is 0 Å². The van der Waals surface area contributed by atoms with Crippen molar-refractivity contribution in [3.05, 3.63) is 107 Å². The third-order valence-corrected chi connectivity index (χ3v) is 6.37. The van der Waals surface area contributed by atoms with Crippen LogP contribution in [0, 0.1) is 0 Å². The van der Waals surface area contributed by atoms with Crippen LogP contribution in [0.5, 0.6) is 0 Å². The van der Waals surface area contributed by atoms with Crippen LogP contribution in [0.2, 0.25) is 10.0 Å². The maximum Gasteiger partial charge on any atom is 0.0412 e. The molecule has 0 aliphatic carbocycles. The molecule has 0 spiro atoms. The largest absolute Gasteiger partial charge is 0.0843 e. The molecule has 6 aromatic rings. The lowest BCUT2D eigenvalue weighted by Crippen LogP contribution is -1.90. The van der Waals surface area contributed by atoms with Crippen molar-refractivity contribution in [1.29, 1.82) is 0 Å².